The zero-order valence-electron chi connectivity index (χ0n) is 13.4. The van der Waals surface area contributed by atoms with Gasteiger partial charge in [-0.05, 0) is 43.9 Å². The fourth-order valence-corrected chi connectivity index (χ4v) is 5.64. The second-order valence-corrected chi connectivity index (χ2v) is 6.36. The van der Waals surface area contributed by atoms with Crippen molar-refractivity contribution < 1.29 is 19.8 Å². The van der Waals surface area contributed by atoms with Crippen LogP contribution in [0.25, 0.3) is 0 Å². The quantitative estimate of drug-likeness (QED) is 0.732. The summed E-state index contributed by atoms with van der Waals surface area (Å²) >= 11 is 0. The summed E-state index contributed by atoms with van der Waals surface area (Å²) in [5, 5.41) is 20.0. The predicted octanol–water partition coefficient (Wildman–Crippen LogP) is 3.71. The van der Waals surface area contributed by atoms with Crippen LogP contribution in [0.1, 0.15) is 59.8 Å². The molecule has 0 aromatic carbocycles. The van der Waals surface area contributed by atoms with E-state index in [0.29, 0.717) is 19.3 Å². The Bertz CT molecular complexity index is 463. The minimum Gasteiger partial charge on any atom is -0.481 e. The zero-order chi connectivity index (χ0) is 16.0. The van der Waals surface area contributed by atoms with Crippen molar-refractivity contribution in [1.29, 1.82) is 0 Å². The van der Waals surface area contributed by atoms with E-state index in [0.717, 1.165) is 12.8 Å². The van der Waals surface area contributed by atoms with E-state index in [-0.39, 0.29) is 11.8 Å². The highest BCUT2D eigenvalue weighted by Gasteiger charge is 2.74. The largest absolute Gasteiger partial charge is 0.481 e. The van der Waals surface area contributed by atoms with Crippen LogP contribution in [0.3, 0.4) is 0 Å². The first-order valence-electron chi connectivity index (χ1n) is 8.07. The smallest absolute Gasteiger partial charge is 0.311 e. The summed E-state index contributed by atoms with van der Waals surface area (Å²) in [7, 11) is 0. The van der Waals surface area contributed by atoms with E-state index in [1.54, 1.807) is 0 Å². The van der Waals surface area contributed by atoms with Crippen molar-refractivity contribution in [1.82, 2.24) is 0 Å². The summed E-state index contributed by atoms with van der Waals surface area (Å²) < 4.78 is 0. The molecule has 2 aliphatic rings. The predicted molar refractivity (Wildman–Crippen MR) is 79.9 cm³/mol. The third-order valence-electron chi connectivity index (χ3n) is 6.35. The van der Waals surface area contributed by atoms with Gasteiger partial charge in [-0.25, -0.2) is 0 Å². The molecule has 2 aliphatic carbocycles. The van der Waals surface area contributed by atoms with E-state index in [9.17, 15) is 19.8 Å². The Morgan fingerprint density at radius 1 is 0.905 bits per heavy atom. The van der Waals surface area contributed by atoms with Crippen LogP contribution in [0, 0.1) is 22.7 Å². The van der Waals surface area contributed by atoms with Crippen molar-refractivity contribution in [3.05, 3.63) is 11.1 Å². The number of hydrogen-bond donors (Lipinski definition) is 2. The Morgan fingerprint density at radius 2 is 1.24 bits per heavy atom. The molecule has 4 nitrogen and oxygen atoms in total. The second kappa shape index (κ2) is 5.15. The Hall–Kier alpha value is -1.32. The highest BCUT2D eigenvalue weighted by atomic mass is 16.4. The molecule has 0 radical (unpaired) electrons. The molecule has 0 heterocycles. The topological polar surface area (TPSA) is 74.6 Å². The number of rotatable bonds is 6. The monoisotopic (exact) mass is 294 g/mol. The summed E-state index contributed by atoms with van der Waals surface area (Å²) in [4.78, 5) is 24.4. The van der Waals surface area contributed by atoms with Crippen molar-refractivity contribution in [2.24, 2.45) is 22.7 Å². The molecular formula is C17H26O4. The molecule has 0 aliphatic heterocycles. The van der Waals surface area contributed by atoms with Crippen LogP contribution < -0.4 is 0 Å². The molecule has 118 valence electrons. The van der Waals surface area contributed by atoms with Gasteiger partial charge in [-0.3, -0.25) is 9.59 Å². The summed E-state index contributed by atoms with van der Waals surface area (Å²) in [5.41, 5.74) is 0.138. The number of carboxylic acid groups (broad SMARTS) is 2. The van der Waals surface area contributed by atoms with Gasteiger partial charge in [-0.15, -0.1) is 0 Å². The van der Waals surface area contributed by atoms with Gasteiger partial charge in [-0.2, -0.15) is 0 Å². The number of fused-ring (bicyclic) bond motifs is 2. The summed E-state index contributed by atoms with van der Waals surface area (Å²) in [6, 6.07) is 0. The number of aliphatic carboxylic acids is 2. The van der Waals surface area contributed by atoms with Crippen LogP contribution in [0.4, 0.5) is 0 Å². The van der Waals surface area contributed by atoms with E-state index in [2.05, 4.69) is 13.8 Å². The van der Waals surface area contributed by atoms with Gasteiger partial charge in [0.15, 0.2) is 0 Å². The Balaban J connectivity index is 2.78. The maximum absolute atomic E-state index is 12.2. The molecule has 0 aromatic rings. The number of carboxylic acids is 2. The molecule has 21 heavy (non-hydrogen) atoms. The molecule has 2 N–H and O–H groups in total. The summed E-state index contributed by atoms with van der Waals surface area (Å²) in [6.45, 7) is 7.78. The van der Waals surface area contributed by atoms with Crippen LogP contribution in [-0.2, 0) is 9.59 Å². The van der Waals surface area contributed by atoms with Crippen molar-refractivity contribution in [3.63, 3.8) is 0 Å². The van der Waals surface area contributed by atoms with Crippen LogP contribution in [0.15, 0.2) is 11.1 Å². The van der Waals surface area contributed by atoms with Crippen LogP contribution >= 0.6 is 0 Å². The van der Waals surface area contributed by atoms with E-state index < -0.39 is 22.8 Å². The lowest BCUT2D eigenvalue weighted by atomic mass is 9.52. The lowest BCUT2D eigenvalue weighted by molar-refractivity contribution is -0.178. The lowest BCUT2D eigenvalue weighted by Crippen LogP contribution is -2.56. The molecule has 1 fully saturated rings. The van der Waals surface area contributed by atoms with Gasteiger partial charge >= 0.3 is 11.9 Å². The van der Waals surface area contributed by atoms with E-state index >= 15 is 0 Å². The maximum atomic E-state index is 12.2. The highest BCUT2D eigenvalue weighted by molar-refractivity contribution is 5.90. The standard InChI is InChI=1S/C17H26O4/c1-5-10-11(6-2)13-9-12(10)16(7-3,14(18)19)17(13,8-4)15(20)21/h12-13H,5-9H2,1-4H3,(H,18,19)(H,20,21). The summed E-state index contributed by atoms with van der Waals surface area (Å²) in [5.74, 6) is -2.08. The first kappa shape index (κ1) is 16.1. The highest BCUT2D eigenvalue weighted by Crippen LogP contribution is 2.71. The molecule has 4 unspecified atom stereocenters. The van der Waals surface area contributed by atoms with Crippen LogP contribution in [-0.4, -0.2) is 22.2 Å². The SMILES string of the molecule is CCC1=C(CC)C2CC1C(CC)(C(=O)O)C2(CC)C(=O)O. The van der Waals surface area contributed by atoms with Gasteiger partial charge in [0.1, 0.15) is 0 Å². The molecule has 2 bridgehead atoms. The van der Waals surface area contributed by atoms with Gasteiger partial charge in [0, 0.05) is 0 Å². The van der Waals surface area contributed by atoms with Gasteiger partial charge in [0.25, 0.3) is 0 Å². The molecule has 2 rings (SSSR count). The molecular weight excluding hydrogens is 268 g/mol. The van der Waals surface area contributed by atoms with Gasteiger partial charge < -0.3 is 10.2 Å². The molecule has 0 spiro atoms. The molecule has 0 saturated heterocycles. The fourth-order valence-electron chi connectivity index (χ4n) is 5.64. The number of hydrogen-bond acceptors (Lipinski definition) is 2. The molecule has 4 heteroatoms. The van der Waals surface area contributed by atoms with Crippen LogP contribution in [0.2, 0.25) is 0 Å². The third kappa shape index (κ3) is 1.56. The average Bonchev–Trinajstić information content (AvgIpc) is 2.96. The minimum absolute atomic E-state index is 0.110. The second-order valence-electron chi connectivity index (χ2n) is 6.36. The number of carbonyl (C=O) groups is 2. The molecule has 1 saturated carbocycles. The first-order valence-corrected chi connectivity index (χ1v) is 8.07. The van der Waals surface area contributed by atoms with Gasteiger partial charge in [-0.1, -0.05) is 38.8 Å². The minimum atomic E-state index is -1.15. The first-order chi connectivity index (χ1) is 9.88. The third-order valence-corrected chi connectivity index (χ3v) is 6.35. The van der Waals surface area contributed by atoms with Crippen molar-refractivity contribution in [2.45, 2.75) is 59.8 Å². The summed E-state index contributed by atoms with van der Waals surface area (Å²) in [6.07, 6.45) is 3.12. The average molecular weight is 294 g/mol. The van der Waals surface area contributed by atoms with Gasteiger partial charge in [0.2, 0.25) is 0 Å². The Kier molecular flexibility index (Phi) is 3.94. The number of allylic oxidation sites excluding steroid dienone is 2. The zero-order valence-corrected chi connectivity index (χ0v) is 13.4. The van der Waals surface area contributed by atoms with E-state index in [4.69, 9.17) is 0 Å². The van der Waals surface area contributed by atoms with Gasteiger partial charge in [0.05, 0.1) is 10.8 Å². The molecule has 0 aromatic heterocycles. The maximum Gasteiger partial charge on any atom is 0.311 e. The van der Waals surface area contributed by atoms with Crippen molar-refractivity contribution in [2.75, 3.05) is 0 Å². The molecule has 0 amide bonds. The van der Waals surface area contributed by atoms with Crippen LogP contribution in [0.5, 0.6) is 0 Å². The van der Waals surface area contributed by atoms with E-state index in [1.165, 1.54) is 11.1 Å². The van der Waals surface area contributed by atoms with Crippen molar-refractivity contribution in [3.8, 4) is 0 Å². The lowest BCUT2D eigenvalue weighted by Gasteiger charge is -2.48. The molecule has 4 atom stereocenters. The Morgan fingerprint density at radius 3 is 1.43 bits per heavy atom. The fraction of sp³-hybridized carbons (Fsp3) is 0.765. The van der Waals surface area contributed by atoms with E-state index in [1.807, 2.05) is 13.8 Å². The normalized spacial score (nSPS) is 38.1. The van der Waals surface area contributed by atoms with Crippen molar-refractivity contribution >= 4 is 11.9 Å². The Labute approximate surface area is 126 Å².